The van der Waals surface area contributed by atoms with Crippen molar-refractivity contribution in [3.63, 3.8) is 0 Å². The summed E-state index contributed by atoms with van der Waals surface area (Å²) in [6, 6.07) is 0.790. The summed E-state index contributed by atoms with van der Waals surface area (Å²) >= 11 is 0. The third-order valence-electron chi connectivity index (χ3n) is 5.26. The van der Waals surface area contributed by atoms with Gasteiger partial charge in [-0.1, -0.05) is 27.2 Å². The van der Waals surface area contributed by atoms with Gasteiger partial charge in [0.05, 0.1) is 11.7 Å². The van der Waals surface area contributed by atoms with Crippen molar-refractivity contribution in [1.82, 2.24) is 5.32 Å². The summed E-state index contributed by atoms with van der Waals surface area (Å²) in [6.07, 6.45) is 9.66. The van der Waals surface area contributed by atoms with Crippen molar-refractivity contribution < 1.29 is 4.74 Å². The Bertz CT molecular complexity index is 264. The van der Waals surface area contributed by atoms with E-state index in [1.54, 1.807) is 0 Å². The maximum Gasteiger partial charge on any atom is 0.0810 e. The molecule has 1 atom stereocenters. The lowest BCUT2D eigenvalue weighted by Gasteiger charge is -2.43. The third kappa shape index (κ3) is 4.46. The topological polar surface area (TPSA) is 21.3 Å². The average molecular weight is 267 g/mol. The van der Waals surface area contributed by atoms with E-state index < -0.39 is 0 Å². The molecule has 0 aromatic heterocycles. The predicted octanol–water partition coefficient (Wildman–Crippen LogP) is 4.14. The molecule has 2 aliphatic rings. The summed E-state index contributed by atoms with van der Waals surface area (Å²) in [5, 5.41) is 3.72. The van der Waals surface area contributed by atoms with E-state index in [1.165, 1.54) is 44.9 Å². The molecule has 0 aromatic carbocycles. The van der Waals surface area contributed by atoms with Gasteiger partial charge in [0.15, 0.2) is 0 Å². The van der Waals surface area contributed by atoms with Crippen LogP contribution in [-0.4, -0.2) is 24.3 Å². The number of nitrogens with one attached hydrogen (secondary N) is 1. The Morgan fingerprint density at radius 2 is 1.74 bits per heavy atom. The van der Waals surface area contributed by atoms with E-state index in [0.29, 0.717) is 12.0 Å². The molecule has 2 fully saturated rings. The Morgan fingerprint density at radius 1 is 1.11 bits per heavy atom. The lowest BCUT2D eigenvalue weighted by Crippen LogP contribution is -2.48. The van der Waals surface area contributed by atoms with E-state index >= 15 is 0 Å². The number of ether oxygens (including phenoxy) is 1. The van der Waals surface area contributed by atoms with Crippen LogP contribution in [0.2, 0.25) is 0 Å². The summed E-state index contributed by atoms with van der Waals surface area (Å²) in [5.41, 5.74) is 0.123. The summed E-state index contributed by atoms with van der Waals surface area (Å²) in [4.78, 5) is 0. The SMILES string of the molecule is CCC1CCC(CNC2CC2)(OC(C)C(C)C)CC1. The Kier molecular flexibility index (Phi) is 5.30. The molecule has 1 unspecified atom stereocenters. The lowest BCUT2D eigenvalue weighted by molar-refractivity contribution is -0.125. The molecule has 0 aromatic rings. The monoisotopic (exact) mass is 267 g/mol. The van der Waals surface area contributed by atoms with Gasteiger partial charge in [-0.25, -0.2) is 0 Å². The highest BCUT2D eigenvalue weighted by molar-refractivity contribution is 4.93. The van der Waals surface area contributed by atoms with Crippen LogP contribution in [-0.2, 0) is 4.74 Å². The quantitative estimate of drug-likeness (QED) is 0.748. The van der Waals surface area contributed by atoms with Gasteiger partial charge in [0.25, 0.3) is 0 Å². The molecule has 112 valence electrons. The van der Waals surface area contributed by atoms with Crippen LogP contribution in [0.1, 0.15) is 72.6 Å². The Labute approximate surface area is 119 Å². The van der Waals surface area contributed by atoms with Crippen molar-refractivity contribution in [1.29, 1.82) is 0 Å². The summed E-state index contributed by atoms with van der Waals surface area (Å²) in [6.45, 7) is 10.2. The van der Waals surface area contributed by atoms with Crippen molar-refractivity contribution in [2.24, 2.45) is 11.8 Å². The highest BCUT2D eigenvalue weighted by Crippen LogP contribution is 2.38. The van der Waals surface area contributed by atoms with Gasteiger partial charge < -0.3 is 10.1 Å². The molecule has 0 saturated heterocycles. The van der Waals surface area contributed by atoms with E-state index in [1.807, 2.05) is 0 Å². The number of hydrogen-bond acceptors (Lipinski definition) is 2. The first-order valence-electron chi connectivity index (χ1n) is 8.46. The van der Waals surface area contributed by atoms with Gasteiger partial charge in [0, 0.05) is 12.6 Å². The third-order valence-corrected chi connectivity index (χ3v) is 5.26. The van der Waals surface area contributed by atoms with E-state index in [4.69, 9.17) is 4.74 Å². The highest BCUT2D eigenvalue weighted by Gasteiger charge is 2.38. The fourth-order valence-electron chi connectivity index (χ4n) is 3.10. The molecule has 0 aliphatic heterocycles. The summed E-state index contributed by atoms with van der Waals surface area (Å²) in [7, 11) is 0. The minimum atomic E-state index is 0.123. The fourth-order valence-corrected chi connectivity index (χ4v) is 3.10. The minimum Gasteiger partial charge on any atom is -0.370 e. The van der Waals surface area contributed by atoms with Gasteiger partial charge in [-0.2, -0.15) is 0 Å². The van der Waals surface area contributed by atoms with Gasteiger partial charge in [0.2, 0.25) is 0 Å². The molecule has 19 heavy (non-hydrogen) atoms. The van der Waals surface area contributed by atoms with Crippen LogP contribution in [0.4, 0.5) is 0 Å². The van der Waals surface area contributed by atoms with Crippen molar-refractivity contribution in [2.75, 3.05) is 6.54 Å². The van der Waals surface area contributed by atoms with E-state index in [0.717, 1.165) is 18.5 Å². The molecule has 1 N–H and O–H groups in total. The maximum atomic E-state index is 6.55. The molecule has 0 bridgehead atoms. The van der Waals surface area contributed by atoms with Crippen LogP contribution in [0, 0.1) is 11.8 Å². The van der Waals surface area contributed by atoms with Gasteiger partial charge in [-0.15, -0.1) is 0 Å². The van der Waals surface area contributed by atoms with Crippen LogP contribution in [0.15, 0.2) is 0 Å². The van der Waals surface area contributed by atoms with Crippen LogP contribution in [0.5, 0.6) is 0 Å². The van der Waals surface area contributed by atoms with Gasteiger partial charge >= 0.3 is 0 Å². The van der Waals surface area contributed by atoms with Crippen molar-refractivity contribution in [3.8, 4) is 0 Å². The van der Waals surface area contributed by atoms with Crippen LogP contribution < -0.4 is 5.32 Å². The number of rotatable bonds is 7. The van der Waals surface area contributed by atoms with Gasteiger partial charge in [-0.3, -0.25) is 0 Å². The van der Waals surface area contributed by atoms with Gasteiger partial charge in [-0.05, 0) is 57.3 Å². The van der Waals surface area contributed by atoms with E-state index in [9.17, 15) is 0 Å². The molecule has 0 heterocycles. The molecule has 0 amide bonds. The molecule has 0 spiro atoms. The lowest BCUT2D eigenvalue weighted by atomic mass is 9.77. The zero-order valence-corrected chi connectivity index (χ0v) is 13.4. The highest BCUT2D eigenvalue weighted by atomic mass is 16.5. The maximum absolute atomic E-state index is 6.55. The summed E-state index contributed by atoms with van der Waals surface area (Å²) in [5.74, 6) is 1.55. The minimum absolute atomic E-state index is 0.123. The van der Waals surface area contributed by atoms with Crippen molar-refractivity contribution >= 4 is 0 Å². The van der Waals surface area contributed by atoms with E-state index in [-0.39, 0.29) is 5.60 Å². The second-order valence-electron chi connectivity index (χ2n) is 7.26. The Hall–Kier alpha value is -0.0800. The zero-order chi connectivity index (χ0) is 13.9. The molecule has 2 saturated carbocycles. The summed E-state index contributed by atoms with van der Waals surface area (Å²) < 4.78 is 6.55. The second-order valence-corrected chi connectivity index (χ2v) is 7.26. The van der Waals surface area contributed by atoms with Crippen molar-refractivity contribution in [2.45, 2.75) is 90.4 Å². The second kappa shape index (κ2) is 6.58. The normalized spacial score (nSPS) is 33.6. The molecule has 2 heteroatoms. The number of hydrogen-bond donors (Lipinski definition) is 1. The van der Waals surface area contributed by atoms with Gasteiger partial charge in [0.1, 0.15) is 0 Å². The molecular formula is C17H33NO. The Balaban J connectivity index is 1.91. The molecule has 0 radical (unpaired) electrons. The first-order valence-corrected chi connectivity index (χ1v) is 8.46. The first kappa shape index (κ1) is 15.3. The van der Waals surface area contributed by atoms with Crippen molar-refractivity contribution in [3.05, 3.63) is 0 Å². The standard InChI is InChI=1S/C17H33NO/c1-5-15-8-10-17(11-9-15,12-18-16-6-7-16)19-14(4)13(2)3/h13-16,18H,5-12H2,1-4H3. The molecular weight excluding hydrogens is 234 g/mol. The van der Waals surface area contributed by atoms with Crippen LogP contribution >= 0.6 is 0 Å². The largest absolute Gasteiger partial charge is 0.370 e. The first-order chi connectivity index (χ1) is 9.04. The molecule has 2 nitrogen and oxygen atoms in total. The smallest absolute Gasteiger partial charge is 0.0810 e. The predicted molar refractivity (Wildman–Crippen MR) is 81.4 cm³/mol. The fraction of sp³-hybridized carbons (Fsp3) is 1.00. The average Bonchev–Trinajstić information content (AvgIpc) is 3.21. The molecule has 2 rings (SSSR count). The Morgan fingerprint density at radius 3 is 2.21 bits per heavy atom. The van der Waals surface area contributed by atoms with Crippen LogP contribution in [0.25, 0.3) is 0 Å². The van der Waals surface area contributed by atoms with E-state index in [2.05, 4.69) is 33.0 Å². The zero-order valence-electron chi connectivity index (χ0n) is 13.4. The van der Waals surface area contributed by atoms with Crippen LogP contribution in [0.3, 0.4) is 0 Å². The molecule has 2 aliphatic carbocycles.